The van der Waals surface area contributed by atoms with E-state index in [4.69, 9.17) is 14.6 Å². The Hall–Kier alpha value is -3.98. The normalized spacial score (nSPS) is 15.5. The summed E-state index contributed by atoms with van der Waals surface area (Å²) in [6.45, 7) is 3.26. The first-order valence-electron chi connectivity index (χ1n) is 10.6. The summed E-state index contributed by atoms with van der Waals surface area (Å²) in [6.07, 6.45) is 1.73. The van der Waals surface area contributed by atoms with E-state index in [9.17, 15) is 14.4 Å². The van der Waals surface area contributed by atoms with Crippen LogP contribution in [0.2, 0.25) is 0 Å². The average molecular weight is 479 g/mol. The number of rotatable bonds is 7. The van der Waals surface area contributed by atoms with Gasteiger partial charge in [-0.3, -0.25) is 9.36 Å². The molecule has 2 aromatic carbocycles. The molecule has 0 saturated carbocycles. The number of carboxylic acids is 1. The van der Waals surface area contributed by atoms with Crippen LogP contribution in [0.5, 0.6) is 5.75 Å². The van der Waals surface area contributed by atoms with Crippen LogP contribution in [0, 0.1) is 0 Å². The number of hydrogen-bond acceptors (Lipinski definition) is 7. The molecule has 1 aromatic heterocycles. The maximum absolute atomic E-state index is 13.5. The molecule has 0 saturated heterocycles. The van der Waals surface area contributed by atoms with E-state index < -0.39 is 24.6 Å². The number of carbonyl (C=O) groups is 2. The van der Waals surface area contributed by atoms with Gasteiger partial charge in [0.2, 0.25) is 0 Å². The smallest absolute Gasteiger partial charge is 0.341 e. The number of aromatic nitrogens is 1. The van der Waals surface area contributed by atoms with E-state index in [-0.39, 0.29) is 12.2 Å². The first-order valence-corrected chi connectivity index (χ1v) is 11.4. The van der Waals surface area contributed by atoms with Crippen LogP contribution >= 0.6 is 11.3 Å². The number of esters is 1. The Morgan fingerprint density at radius 2 is 1.85 bits per heavy atom. The molecule has 1 aliphatic heterocycles. The van der Waals surface area contributed by atoms with Gasteiger partial charge in [0.15, 0.2) is 11.4 Å². The number of carboxylic acid groups (broad SMARTS) is 1. The first-order chi connectivity index (χ1) is 16.4. The molecule has 1 atom stereocenters. The van der Waals surface area contributed by atoms with Gasteiger partial charge in [0.1, 0.15) is 5.75 Å². The zero-order chi connectivity index (χ0) is 24.2. The number of fused-ring (bicyclic) bond motifs is 1. The molecule has 0 radical (unpaired) electrons. The van der Waals surface area contributed by atoms with Crippen LogP contribution in [0.4, 0.5) is 0 Å². The van der Waals surface area contributed by atoms with Crippen molar-refractivity contribution < 1.29 is 24.2 Å². The maximum Gasteiger partial charge on any atom is 0.341 e. The monoisotopic (exact) mass is 478 g/mol. The summed E-state index contributed by atoms with van der Waals surface area (Å²) in [5, 5.41) is 8.73. The molecule has 2 heterocycles. The predicted octanol–water partition coefficient (Wildman–Crippen LogP) is 2.26. The van der Waals surface area contributed by atoms with Crippen LogP contribution in [0.3, 0.4) is 0 Å². The highest BCUT2D eigenvalue weighted by molar-refractivity contribution is 7.07. The Morgan fingerprint density at radius 3 is 2.50 bits per heavy atom. The molecule has 174 valence electrons. The van der Waals surface area contributed by atoms with E-state index in [1.54, 1.807) is 44.2 Å². The topological polar surface area (TPSA) is 107 Å². The summed E-state index contributed by atoms with van der Waals surface area (Å²) in [7, 11) is 0. The summed E-state index contributed by atoms with van der Waals surface area (Å²) in [6, 6.07) is 15.4. The number of aliphatic carboxylic acids is 1. The van der Waals surface area contributed by atoms with Crippen molar-refractivity contribution in [2.24, 2.45) is 4.99 Å². The number of thiazole rings is 1. The Balaban J connectivity index is 1.80. The number of hydrogen-bond donors (Lipinski definition) is 1. The minimum Gasteiger partial charge on any atom is -0.482 e. The van der Waals surface area contributed by atoms with Gasteiger partial charge in [0.25, 0.3) is 5.56 Å². The Morgan fingerprint density at radius 1 is 1.15 bits per heavy atom. The standard InChI is InChI=1S/C25H22N2O6S/c1-3-32-24(31)21-15(2)26-25-27(22(21)17-7-5-4-6-8-17)23(30)19(34-25)13-16-9-11-18(12-10-16)33-14-20(28)29/h4-13,22H,3,14H2,1-2H3,(H,28,29)/b19-13+/t22-/m1/s1. The van der Waals surface area contributed by atoms with Crippen molar-refractivity contribution in [1.82, 2.24) is 4.57 Å². The van der Waals surface area contributed by atoms with Gasteiger partial charge in [0.05, 0.1) is 28.5 Å². The second-order valence-electron chi connectivity index (χ2n) is 7.46. The molecule has 1 aliphatic rings. The summed E-state index contributed by atoms with van der Waals surface area (Å²) in [5.74, 6) is -1.14. The second-order valence-corrected chi connectivity index (χ2v) is 8.47. The van der Waals surface area contributed by atoms with Gasteiger partial charge < -0.3 is 14.6 Å². The molecular formula is C25H22N2O6S. The van der Waals surface area contributed by atoms with Crippen molar-refractivity contribution >= 4 is 29.4 Å². The fraction of sp³-hybridized carbons (Fsp3) is 0.200. The van der Waals surface area contributed by atoms with Crippen molar-refractivity contribution in [2.75, 3.05) is 13.2 Å². The molecule has 8 nitrogen and oxygen atoms in total. The Kier molecular flexibility index (Phi) is 6.74. The lowest BCUT2D eigenvalue weighted by Crippen LogP contribution is -2.39. The Bertz CT molecular complexity index is 1440. The molecule has 0 amide bonds. The second kappa shape index (κ2) is 9.88. The molecule has 0 unspecified atom stereocenters. The number of nitrogens with zero attached hydrogens (tertiary/aromatic N) is 2. The largest absolute Gasteiger partial charge is 0.482 e. The van der Waals surface area contributed by atoms with Crippen molar-refractivity contribution in [1.29, 1.82) is 0 Å². The lowest BCUT2D eigenvalue weighted by Gasteiger charge is -2.24. The number of carbonyl (C=O) groups excluding carboxylic acids is 1. The van der Waals surface area contributed by atoms with Gasteiger partial charge in [0, 0.05) is 0 Å². The van der Waals surface area contributed by atoms with Gasteiger partial charge in [-0.25, -0.2) is 14.6 Å². The molecule has 34 heavy (non-hydrogen) atoms. The van der Waals surface area contributed by atoms with E-state index in [0.29, 0.717) is 26.4 Å². The highest BCUT2D eigenvalue weighted by Gasteiger charge is 2.33. The lowest BCUT2D eigenvalue weighted by atomic mass is 9.96. The van der Waals surface area contributed by atoms with E-state index in [1.807, 2.05) is 30.3 Å². The van der Waals surface area contributed by atoms with Crippen molar-refractivity contribution in [2.45, 2.75) is 19.9 Å². The lowest BCUT2D eigenvalue weighted by molar-refractivity contribution is -0.140. The van der Waals surface area contributed by atoms with Gasteiger partial charge >= 0.3 is 11.9 Å². The van der Waals surface area contributed by atoms with Crippen LogP contribution < -0.4 is 19.6 Å². The van der Waals surface area contributed by atoms with E-state index >= 15 is 0 Å². The summed E-state index contributed by atoms with van der Waals surface area (Å²) in [5.41, 5.74) is 2.11. The minimum atomic E-state index is -1.06. The highest BCUT2D eigenvalue weighted by Crippen LogP contribution is 2.30. The van der Waals surface area contributed by atoms with E-state index in [1.165, 1.54) is 15.9 Å². The van der Waals surface area contributed by atoms with Crippen LogP contribution in [-0.2, 0) is 14.3 Å². The predicted molar refractivity (Wildman–Crippen MR) is 126 cm³/mol. The van der Waals surface area contributed by atoms with Crippen molar-refractivity contribution in [3.05, 3.63) is 96.7 Å². The van der Waals surface area contributed by atoms with Crippen molar-refractivity contribution in [3.8, 4) is 5.75 Å². The molecule has 0 aliphatic carbocycles. The number of allylic oxidation sites excluding steroid dienone is 1. The molecule has 0 bridgehead atoms. The van der Waals surface area contributed by atoms with Gasteiger partial charge in [-0.15, -0.1) is 0 Å². The van der Waals surface area contributed by atoms with Crippen LogP contribution in [-0.4, -0.2) is 34.8 Å². The van der Waals surface area contributed by atoms with E-state index in [0.717, 1.165) is 11.1 Å². The third-order valence-corrected chi connectivity index (χ3v) is 6.16. The highest BCUT2D eigenvalue weighted by atomic mass is 32.1. The first kappa shape index (κ1) is 23.2. The average Bonchev–Trinajstić information content (AvgIpc) is 3.12. The third-order valence-electron chi connectivity index (χ3n) is 5.17. The molecular weight excluding hydrogens is 456 g/mol. The Labute approximate surface area is 198 Å². The van der Waals surface area contributed by atoms with Crippen LogP contribution in [0.1, 0.15) is 31.0 Å². The van der Waals surface area contributed by atoms with Crippen LogP contribution in [0.25, 0.3) is 6.08 Å². The summed E-state index contributed by atoms with van der Waals surface area (Å²) >= 11 is 1.24. The van der Waals surface area contributed by atoms with Crippen LogP contribution in [0.15, 0.2) is 75.7 Å². The number of ether oxygens (including phenoxy) is 2. The number of benzene rings is 2. The summed E-state index contributed by atoms with van der Waals surface area (Å²) in [4.78, 5) is 42.0. The summed E-state index contributed by atoms with van der Waals surface area (Å²) < 4.78 is 12.4. The fourth-order valence-corrected chi connectivity index (χ4v) is 4.75. The van der Waals surface area contributed by atoms with Crippen molar-refractivity contribution in [3.63, 3.8) is 0 Å². The molecule has 0 spiro atoms. The fourth-order valence-electron chi connectivity index (χ4n) is 3.70. The van der Waals surface area contributed by atoms with Gasteiger partial charge in [-0.05, 0) is 43.2 Å². The van der Waals surface area contributed by atoms with Gasteiger partial charge in [-0.2, -0.15) is 0 Å². The molecule has 4 rings (SSSR count). The molecule has 9 heteroatoms. The van der Waals surface area contributed by atoms with Gasteiger partial charge in [-0.1, -0.05) is 53.8 Å². The SMILES string of the molecule is CCOC(=O)C1=C(C)N=c2s/c(=C/c3ccc(OCC(=O)O)cc3)c(=O)n2[C@@H]1c1ccccc1. The van der Waals surface area contributed by atoms with E-state index in [2.05, 4.69) is 4.99 Å². The molecule has 0 fully saturated rings. The zero-order valence-electron chi connectivity index (χ0n) is 18.6. The third kappa shape index (κ3) is 4.69. The molecule has 1 N–H and O–H groups in total. The minimum absolute atomic E-state index is 0.216. The zero-order valence-corrected chi connectivity index (χ0v) is 19.4. The molecule has 3 aromatic rings. The quantitative estimate of drug-likeness (QED) is 0.522. The maximum atomic E-state index is 13.5.